The van der Waals surface area contributed by atoms with Crippen LogP contribution in [0.3, 0.4) is 0 Å². The zero-order valence-corrected chi connectivity index (χ0v) is 26.2. The first-order valence-corrected chi connectivity index (χ1v) is 16.8. The second-order valence-electron chi connectivity index (χ2n) is 12.2. The molecule has 0 saturated carbocycles. The Labute approximate surface area is 275 Å². The molecule has 10 rings (SSSR count). The number of hydrogen-bond acceptors (Lipinski definition) is 4. The van der Waals surface area contributed by atoms with Crippen molar-refractivity contribution in [1.82, 2.24) is 5.32 Å². The standard InChI is InChI=1S/C43H28N2OS/c1-2-10-28-23-30(19-18-27(28)9-1)45(31-20-21-41-36(24-31)34-13-5-6-17-40(34)47-41)37-25-39-43(35-14-4-3-12-33(35)37)42-32(15-7-16-38(42)46-39)29-11-8-22-44-26-29/h1-25,44H,26H2. The van der Waals surface area contributed by atoms with Crippen molar-refractivity contribution in [1.29, 1.82) is 0 Å². The van der Waals surface area contributed by atoms with Crippen LogP contribution in [0.5, 0.6) is 0 Å². The van der Waals surface area contributed by atoms with Crippen LogP contribution in [0.2, 0.25) is 0 Å². The normalized spacial score (nSPS) is 13.2. The Balaban J connectivity index is 1.29. The van der Waals surface area contributed by atoms with Gasteiger partial charge in [0, 0.05) is 60.3 Å². The minimum absolute atomic E-state index is 0.786. The number of nitrogens with one attached hydrogen (secondary N) is 1. The Hall–Kier alpha value is -5.84. The summed E-state index contributed by atoms with van der Waals surface area (Å²) < 4.78 is 9.35. The summed E-state index contributed by atoms with van der Waals surface area (Å²) in [5.74, 6) is 0. The predicted molar refractivity (Wildman–Crippen MR) is 201 cm³/mol. The summed E-state index contributed by atoms with van der Waals surface area (Å²) in [5.41, 5.74) is 7.55. The summed E-state index contributed by atoms with van der Waals surface area (Å²) in [5, 5.41) is 13.1. The van der Waals surface area contributed by atoms with Gasteiger partial charge in [0.15, 0.2) is 0 Å². The zero-order valence-electron chi connectivity index (χ0n) is 25.4. The summed E-state index contributed by atoms with van der Waals surface area (Å²) >= 11 is 1.85. The van der Waals surface area contributed by atoms with E-state index < -0.39 is 0 Å². The third-order valence-electron chi connectivity index (χ3n) is 9.48. The van der Waals surface area contributed by atoms with Crippen LogP contribution in [0.25, 0.3) is 69.2 Å². The highest BCUT2D eigenvalue weighted by molar-refractivity contribution is 7.25. The summed E-state index contributed by atoms with van der Waals surface area (Å²) in [6.45, 7) is 0.786. The van der Waals surface area contributed by atoms with E-state index in [-0.39, 0.29) is 0 Å². The quantitative estimate of drug-likeness (QED) is 0.212. The number of benzene rings is 7. The number of dihydropyridines is 1. The molecule has 3 nitrogen and oxygen atoms in total. The topological polar surface area (TPSA) is 28.4 Å². The van der Waals surface area contributed by atoms with Crippen molar-refractivity contribution in [3.05, 3.63) is 157 Å². The van der Waals surface area contributed by atoms with E-state index in [2.05, 4.69) is 156 Å². The van der Waals surface area contributed by atoms with Crippen LogP contribution < -0.4 is 10.2 Å². The maximum atomic E-state index is 6.75. The van der Waals surface area contributed by atoms with Crippen molar-refractivity contribution < 1.29 is 4.42 Å². The maximum absolute atomic E-state index is 6.75. The van der Waals surface area contributed by atoms with Gasteiger partial charge in [-0.3, -0.25) is 0 Å². The first-order valence-electron chi connectivity index (χ1n) is 16.0. The molecule has 9 aromatic rings. The third kappa shape index (κ3) is 4.12. The fraction of sp³-hybridized carbons (Fsp3) is 0.0233. The number of hydrogen-bond donors (Lipinski definition) is 1. The molecule has 222 valence electrons. The van der Waals surface area contributed by atoms with Crippen LogP contribution in [-0.2, 0) is 0 Å². The smallest absolute Gasteiger partial charge is 0.138 e. The largest absolute Gasteiger partial charge is 0.456 e. The highest BCUT2D eigenvalue weighted by Crippen LogP contribution is 2.47. The lowest BCUT2D eigenvalue weighted by Crippen LogP contribution is -2.11. The first-order chi connectivity index (χ1) is 23.3. The van der Waals surface area contributed by atoms with E-state index in [1.54, 1.807) is 0 Å². The summed E-state index contributed by atoms with van der Waals surface area (Å²) in [6.07, 6.45) is 6.27. The maximum Gasteiger partial charge on any atom is 0.138 e. The number of thiophene rings is 1. The molecule has 0 fully saturated rings. The van der Waals surface area contributed by atoms with Gasteiger partial charge in [-0.2, -0.15) is 0 Å². The molecule has 0 radical (unpaired) electrons. The third-order valence-corrected chi connectivity index (χ3v) is 10.6. The molecule has 0 saturated heterocycles. The summed E-state index contributed by atoms with van der Waals surface area (Å²) in [6, 6.07) is 48.4. The number of anilines is 3. The van der Waals surface area contributed by atoms with Gasteiger partial charge in [-0.05, 0) is 82.0 Å². The minimum atomic E-state index is 0.786. The van der Waals surface area contributed by atoms with E-state index in [9.17, 15) is 0 Å². The van der Waals surface area contributed by atoms with Crippen LogP contribution in [0, 0.1) is 0 Å². The van der Waals surface area contributed by atoms with E-state index in [4.69, 9.17) is 4.42 Å². The summed E-state index contributed by atoms with van der Waals surface area (Å²) in [7, 11) is 0. The van der Waals surface area contributed by atoms with Crippen LogP contribution in [0.1, 0.15) is 5.56 Å². The van der Waals surface area contributed by atoms with E-state index >= 15 is 0 Å². The van der Waals surface area contributed by atoms with Crippen molar-refractivity contribution in [2.24, 2.45) is 0 Å². The van der Waals surface area contributed by atoms with Gasteiger partial charge in [0.25, 0.3) is 0 Å². The Morgan fingerprint density at radius 2 is 1.34 bits per heavy atom. The van der Waals surface area contributed by atoms with Crippen LogP contribution in [-0.4, -0.2) is 6.54 Å². The average Bonchev–Trinajstić information content (AvgIpc) is 3.70. The van der Waals surface area contributed by atoms with Gasteiger partial charge < -0.3 is 14.6 Å². The molecule has 0 unspecified atom stereocenters. The Morgan fingerprint density at radius 3 is 2.23 bits per heavy atom. The van der Waals surface area contributed by atoms with Crippen molar-refractivity contribution in [3.8, 4) is 0 Å². The molecule has 7 aromatic carbocycles. The lowest BCUT2D eigenvalue weighted by atomic mass is 9.95. The molecule has 0 aliphatic carbocycles. The zero-order chi connectivity index (χ0) is 30.9. The summed E-state index contributed by atoms with van der Waals surface area (Å²) in [4.78, 5) is 2.41. The van der Waals surface area contributed by atoms with Gasteiger partial charge in [0.2, 0.25) is 0 Å². The van der Waals surface area contributed by atoms with Crippen molar-refractivity contribution in [2.75, 3.05) is 11.4 Å². The number of fused-ring (bicyclic) bond motifs is 9. The Morgan fingerprint density at radius 1 is 0.574 bits per heavy atom. The minimum Gasteiger partial charge on any atom is -0.456 e. The second kappa shape index (κ2) is 10.3. The number of nitrogens with zero attached hydrogens (tertiary/aromatic N) is 1. The van der Waals surface area contributed by atoms with Crippen LogP contribution in [0.4, 0.5) is 17.1 Å². The molecule has 47 heavy (non-hydrogen) atoms. The number of furan rings is 1. The van der Waals surface area contributed by atoms with Gasteiger partial charge in [-0.25, -0.2) is 0 Å². The molecule has 0 bridgehead atoms. The molecule has 1 aliphatic heterocycles. The lowest BCUT2D eigenvalue weighted by molar-refractivity contribution is 0.669. The fourth-order valence-electron chi connectivity index (χ4n) is 7.36. The van der Waals surface area contributed by atoms with Crippen LogP contribution >= 0.6 is 11.3 Å². The molecule has 4 heteroatoms. The van der Waals surface area contributed by atoms with Crippen molar-refractivity contribution in [2.45, 2.75) is 0 Å². The monoisotopic (exact) mass is 620 g/mol. The molecule has 0 amide bonds. The van der Waals surface area contributed by atoms with Crippen LogP contribution in [0.15, 0.2) is 156 Å². The van der Waals surface area contributed by atoms with Gasteiger partial charge in [-0.1, -0.05) is 91.0 Å². The highest BCUT2D eigenvalue weighted by atomic mass is 32.1. The van der Waals surface area contributed by atoms with E-state index in [1.807, 2.05) is 17.5 Å². The first kappa shape index (κ1) is 26.4. The fourth-order valence-corrected chi connectivity index (χ4v) is 8.44. The molecule has 3 heterocycles. The van der Waals surface area contributed by atoms with Gasteiger partial charge in [0.05, 0.1) is 5.69 Å². The van der Waals surface area contributed by atoms with Gasteiger partial charge >= 0.3 is 0 Å². The van der Waals surface area contributed by atoms with Gasteiger partial charge in [-0.15, -0.1) is 11.3 Å². The Bertz CT molecular complexity index is 2760. The SMILES string of the molecule is C1=CNCC(c2cccc3oc4cc(N(c5ccc6ccccc6c5)c5ccc6sc7ccccc7c6c5)c5ccccc5c4c23)=C1. The van der Waals surface area contributed by atoms with Crippen molar-refractivity contribution >= 4 is 97.6 Å². The molecule has 0 spiro atoms. The van der Waals surface area contributed by atoms with E-state index in [1.165, 1.54) is 52.9 Å². The molecule has 0 atom stereocenters. The average molecular weight is 621 g/mol. The van der Waals surface area contributed by atoms with Crippen molar-refractivity contribution in [3.63, 3.8) is 0 Å². The number of rotatable bonds is 4. The predicted octanol–water partition coefficient (Wildman–Crippen LogP) is 12.2. The molecule has 2 aromatic heterocycles. The molecular formula is C43H28N2OS. The molecular weight excluding hydrogens is 593 g/mol. The molecule has 1 N–H and O–H groups in total. The van der Waals surface area contributed by atoms with E-state index in [0.717, 1.165) is 45.5 Å². The van der Waals surface area contributed by atoms with Gasteiger partial charge in [0.1, 0.15) is 11.2 Å². The molecule has 1 aliphatic rings. The Kier molecular flexibility index (Phi) is 5.81. The van der Waals surface area contributed by atoms with E-state index in [0.29, 0.717) is 0 Å². The second-order valence-corrected chi connectivity index (χ2v) is 13.3. The number of allylic oxidation sites excluding steroid dienone is 2. The lowest BCUT2D eigenvalue weighted by Gasteiger charge is -2.27. The highest BCUT2D eigenvalue weighted by Gasteiger charge is 2.23.